The van der Waals surface area contributed by atoms with Crippen LogP contribution in [0.4, 0.5) is 14.6 Å². The lowest BCUT2D eigenvalue weighted by Gasteiger charge is -2.16. The first-order valence-corrected chi connectivity index (χ1v) is 11.9. The zero-order chi connectivity index (χ0) is 23.3. The van der Waals surface area contributed by atoms with Crippen molar-refractivity contribution in [2.75, 3.05) is 11.1 Å². The van der Waals surface area contributed by atoms with E-state index in [1.54, 1.807) is 6.07 Å². The fourth-order valence-electron chi connectivity index (χ4n) is 4.26. The number of hydrogen-bond acceptors (Lipinski definition) is 9. The Kier molecular flexibility index (Phi) is 5.93. The predicted molar refractivity (Wildman–Crippen MR) is 117 cm³/mol. The third kappa shape index (κ3) is 4.16. The summed E-state index contributed by atoms with van der Waals surface area (Å²) in [6, 6.07) is 3.21. The lowest BCUT2D eigenvalue weighted by molar-refractivity contribution is -0.0253. The summed E-state index contributed by atoms with van der Waals surface area (Å²) in [7, 11) is 0. The minimum atomic E-state index is -1.27. The molecule has 6 atom stereocenters. The largest absolute Gasteiger partial charge is 0.390 e. The van der Waals surface area contributed by atoms with E-state index < -0.39 is 36.0 Å². The topological polar surface area (TPSA) is 129 Å². The molecule has 0 spiro atoms. The van der Waals surface area contributed by atoms with Crippen molar-refractivity contribution in [2.45, 2.75) is 67.7 Å². The average molecular weight is 479 g/mol. The van der Waals surface area contributed by atoms with Gasteiger partial charge in [-0.1, -0.05) is 30.0 Å². The number of nitrogens with zero attached hydrogens (tertiary/aromatic N) is 5. The van der Waals surface area contributed by atoms with Crippen molar-refractivity contribution in [2.24, 2.45) is 0 Å². The number of hydrogen-bond donors (Lipinski definition) is 4. The van der Waals surface area contributed by atoms with Gasteiger partial charge in [-0.3, -0.25) is 0 Å². The van der Waals surface area contributed by atoms with Gasteiger partial charge in [-0.15, -0.1) is 5.10 Å². The molecule has 0 radical (unpaired) electrons. The summed E-state index contributed by atoms with van der Waals surface area (Å²) in [5.74, 6) is -0.470. The maximum atomic E-state index is 13.6. The maximum absolute atomic E-state index is 13.6. The predicted octanol–water partition coefficient (Wildman–Crippen LogP) is 2.00. The van der Waals surface area contributed by atoms with E-state index >= 15 is 0 Å². The quantitative estimate of drug-likeness (QED) is 0.298. The summed E-state index contributed by atoms with van der Waals surface area (Å²) in [6.45, 7) is 2.05. The molecular weight excluding hydrogens is 454 g/mol. The van der Waals surface area contributed by atoms with E-state index in [4.69, 9.17) is 0 Å². The van der Waals surface area contributed by atoms with Crippen molar-refractivity contribution in [3.8, 4) is 0 Å². The van der Waals surface area contributed by atoms with E-state index in [2.05, 4.69) is 25.6 Å². The van der Waals surface area contributed by atoms with Crippen LogP contribution in [0.5, 0.6) is 0 Å². The van der Waals surface area contributed by atoms with E-state index in [1.807, 2.05) is 6.92 Å². The van der Waals surface area contributed by atoms with Gasteiger partial charge < -0.3 is 20.6 Å². The van der Waals surface area contributed by atoms with Crippen LogP contribution in [0.2, 0.25) is 0 Å². The first-order chi connectivity index (χ1) is 15.9. The van der Waals surface area contributed by atoms with Crippen LogP contribution in [-0.2, 0) is 0 Å². The van der Waals surface area contributed by atoms with E-state index in [9.17, 15) is 24.1 Å². The third-order valence-electron chi connectivity index (χ3n) is 6.16. The Morgan fingerprint density at radius 2 is 1.94 bits per heavy atom. The number of thioether (sulfide) groups is 1. The summed E-state index contributed by atoms with van der Waals surface area (Å²) in [5.41, 5.74) is 1.49. The first kappa shape index (κ1) is 22.4. The second-order valence-electron chi connectivity index (χ2n) is 8.53. The van der Waals surface area contributed by atoms with Gasteiger partial charge >= 0.3 is 0 Å². The van der Waals surface area contributed by atoms with Crippen LogP contribution < -0.4 is 5.32 Å². The molecule has 2 aliphatic rings. The molecule has 0 bridgehead atoms. The zero-order valence-electron chi connectivity index (χ0n) is 17.8. The number of rotatable bonds is 7. The number of halogens is 2. The Morgan fingerprint density at radius 3 is 2.64 bits per heavy atom. The van der Waals surface area contributed by atoms with Gasteiger partial charge in [0.25, 0.3) is 0 Å². The molecule has 0 saturated heterocycles. The normalized spacial score (nSPS) is 29.0. The van der Waals surface area contributed by atoms with Crippen molar-refractivity contribution in [1.29, 1.82) is 0 Å². The van der Waals surface area contributed by atoms with Gasteiger partial charge in [-0.2, -0.15) is 0 Å². The van der Waals surface area contributed by atoms with Crippen molar-refractivity contribution in [1.82, 2.24) is 25.0 Å². The molecule has 2 aliphatic carbocycles. The molecule has 2 saturated carbocycles. The smallest absolute Gasteiger partial charge is 0.191 e. The second-order valence-corrected chi connectivity index (χ2v) is 9.59. The summed E-state index contributed by atoms with van der Waals surface area (Å²) < 4.78 is 28.4. The lowest BCUT2D eigenvalue weighted by Crippen LogP contribution is -2.31. The van der Waals surface area contributed by atoms with Gasteiger partial charge in [0.05, 0.1) is 12.1 Å². The molecule has 0 aliphatic heterocycles. The Hall–Kier alpha value is -2.41. The standard InChI is InChI=1S/C21H24F2N6O3S/c1-2-5-33-21-25-19(24-13-7-10(13)9-3-4-11(22)12(23)6-9)16-20(26-21)29(28-27-16)14-8-15(30)18(32)17(14)31/h3-4,6,10,13-15,17-18,30-32H,2,5,7-8H2,1H3,(H,24,25,26)/t10-,13-,14+,15+,17+,18-/m1/s1. The van der Waals surface area contributed by atoms with Crippen LogP contribution in [0, 0.1) is 11.6 Å². The molecule has 12 heteroatoms. The molecule has 33 heavy (non-hydrogen) atoms. The molecule has 0 amide bonds. The van der Waals surface area contributed by atoms with Crippen molar-refractivity contribution in [3.05, 3.63) is 35.4 Å². The average Bonchev–Trinajstić information content (AvgIpc) is 3.36. The molecule has 3 aromatic rings. The highest BCUT2D eigenvalue weighted by molar-refractivity contribution is 7.99. The summed E-state index contributed by atoms with van der Waals surface area (Å²) in [6.07, 6.45) is -1.78. The fourth-order valence-corrected chi connectivity index (χ4v) is 4.95. The number of aromatic nitrogens is 5. The number of fused-ring (bicyclic) bond motifs is 1. The van der Waals surface area contributed by atoms with Crippen LogP contribution in [0.1, 0.15) is 43.7 Å². The zero-order valence-corrected chi connectivity index (χ0v) is 18.6. The minimum absolute atomic E-state index is 0.00820. The van der Waals surface area contributed by atoms with Gasteiger partial charge in [-0.05, 0) is 30.5 Å². The van der Waals surface area contributed by atoms with Crippen LogP contribution in [-0.4, -0.2) is 70.4 Å². The maximum Gasteiger partial charge on any atom is 0.191 e. The van der Waals surface area contributed by atoms with Crippen LogP contribution in [0.3, 0.4) is 0 Å². The van der Waals surface area contributed by atoms with Gasteiger partial charge in [0.1, 0.15) is 12.2 Å². The molecule has 5 rings (SSSR count). The van der Waals surface area contributed by atoms with E-state index in [1.165, 1.54) is 22.5 Å². The van der Waals surface area contributed by atoms with Gasteiger partial charge in [-0.25, -0.2) is 23.4 Å². The van der Waals surface area contributed by atoms with Crippen molar-refractivity contribution in [3.63, 3.8) is 0 Å². The number of benzene rings is 1. The van der Waals surface area contributed by atoms with Crippen molar-refractivity contribution >= 4 is 28.7 Å². The molecule has 2 aromatic heterocycles. The Labute approximate surface area is 192 Å². The number of nitrogens with one attached hydrogen (secondary N) is 1. The van der Waals surface area contributed by atoms with Crippen LogP contribution in [0.15, 0.2) is 23.4 Å². The highest BCUT2D eigenvalue weighted by atomic mass is 32.2. The fraction of sp³-hybridized carbons (Fsp3) is 0.524. The second kappa shape index (κ2) is 8.75. The first-order valence-electron chi connectivity index (χ1n) is 10.9. The molecule has 0 unspecified atom stereocenters. The Balaban J connectivity index is 1.45. The van der Waals surface area contributed by atoms with Crippen LogP contribution in [0.25, 0.3) is 11.2 Å². The third-order valence-corrected chi connectivity index (χ3v) is 7.21. The Morgan fingerprint density at radius 1 is 1.12 bits per heavy atom. The van der Waals surface area contributed by atoms with E-state index in [0.29, 0.717) is 27.7 Å². The lowest BCUT2D eigenvalue weighted by atomic mass is 10.1. The monoisotopic (exact) mass is 478 g/mol. The van der Waals surface area contributed by atoms with Gasteiger partial charge in [0, 0.05) is 24.1 Å². The van der Waals surface area contributed by atoms with Crippen molar-refractivity contribution < 1.29 is 24.1 Å². The summed E-state index contributed by atoms with van der Waals surface area (Å²) in [4.78, 5) is 9.17. The molecule has 9 nitrogen and oxygen atoms in total. The highest BCUT2D eigenvalue weighted by Gasteiger charge is 2.44. The van der Waals surface area contributed by atoms with Gasteiger partial charge in [0.15, 0.2) is 33.8 Å². The summed E-state index contributed by atoms with van der Waals surface area (Å²) >= 11 is 1.47. The SMILES string of the molecule is CCCSc1nc(N[C@@H]2C[C@@H]2c2ccc(F)c(F)c2)c2nnn([C@H]3C[C@H](O)[C@@H](O)[C@H]3O)c2n1. The molecule has 2 heterocycles. The van der Waals surface area contributed by atoms with E-state index in [0.717, 1.165) is 24.7 Å². The molecular formula is C21H24F2N6O3S. The molecule has 4 N–H and O–H groups in total. The van der Waals surface area contributed by atoms with Gasteiger partial charge in [0.2, 0.25) is 0 Å². The van der Waals surface area contributed by atoms with E-state index in [-0.39, 0.29) is 18.4 Å². The number of anilines is 1. The van der Waals surface area contributed by atoms with Crippen LogP contribution >= 0.6 is 11.8 Å². The molecule has 1 aromatic carbocycles. The minimum Gasteiger partial charge on any atom is -0.390 e. The molecule has 2 fully saturated rings. The number of aliphatic hydroxyl groups is 3. The summed E-state index contributed by atoms with van der Waals surface area (Å²) in [5, 5.41) is 42.5. The Bertz CT molecular complexity index is 1180. The number of aliphatic hydroxyl groups excluding tert-OH is 3. The highest BCUT2D eigenvalue weighted by Crippen LogP contribution is 2.44. The molecule has 176 valence electrons.